The Kier molecular flexibility index (Phi) is 7.95. The standard InChI is InChI=1S/C22H20Cl4N4OS/c23-15-2-1-14(18(25)9-15)11-29-5-7-30(8-6-29)12-21(31)28-22-27-20(13-32-22)17-4-3-16(24)10-19(17)26/h1-4,9-10,13H,5-8,11-12H2,(H,27,28,31). The summed E-state index contributed by atoms with van der Waals surface area (Å²) < 4.78 is 0. The second kappa shape index (κ2) is 10.7. The van der Waals surface area contributed by atoms with Crippen LogP contribution in [0.5, 0.6) is 0 Å². The number of nitrogens with zero attached hydrogens (tertiary/aromatic N) is 3. The van der Waals surface area contributed by atoms with Gasteiger partial charge in [-0.05, 0) is 35.9 Å². The van der Waals surface area contributed by atoms with Crippen molar-refractivity contribution in [3.63, 3.8) is 0 Å². The van der Waals surface area contributed by atoms with Crippen molar-refractivity contribution in [3.05, 3.63) is 67.4 Å². The number of rotatable bonds is 6. The average molecular weight is 530 g/mol. The van der Waals surface area contributed by atoms with E-state index in [0.29, 0.717) is 37.5 Å². The quantitative estimate of drug-likeness (QED) is 0.414. The number of carbonyl (C=O) groups is 1. The fourth-order valence-corrected chi connectivity index (χ4v) is 5.21. The highest BCUT2D eigenvalue weighted by Gasteiger charge is 2.20. The average Bonchev–Trinajstić information content (AvgIpc) is 3.19. The third-order valence-corrected chi connectivity index (χ3v) is 7.09. The Balaban J connectivity index is 1.26. The van der Waals surface area contributed by atoms with E-state index in [9.17, 15) is 4.79 Å². The summed E-state index contributed by atoms with van der Waals surface area (Å²) >= 11 is 25.8. The van der Waals surface area contributed by atoms with E-state index >= 15 is 0 Å². The lowest BCUT2D eigenvalue weighted by molar-refractivity contribution is -0.117. The van der Waals surface area contributed by atoms with Crippen LogP contribution in [0.3, 0.4) is 0 Å². The van der Waals surface area contributed by atoms with Gasteiger partial charge in [0.05, 0.1) is 17.3 Å². The van der Waals surface area contributed by atoms with Crippen molar-refractivity contribution in [2.24, 2.45) is 0 Å². The second-order valence-corrected chi connectivity index (χ2v) is 10.0. The summed E-state index contributed by atoms with van der Waals surface area (Å²) in [7, 11) is 0. The number of piperazine rings is 1. The van der Waals surface area contributed by atoms with Crippen LogP contribution in [0.15, 0.2) is 41.8 Å². The van der Waals surface area contributed by atoms with Crippen LogP contribution < -0.4 is 5.32 Å². The predicted molar refractivity (Wildman–Crippen MR) is 134 cm³/mol. The molecule has 1 saturated heterocycles. The van der Waals surface area contributed by atoms with E-state index in [1.165, 1.54) is 11.3 Å². The number of carbonyl (C=O) groups excluding carboxylic acids is 1. The normalized spacial score (nSPS) is 15.1. The van der Waals surface area contributed by atoms with Crippen LogP contribution in [0.2, 0.25) is 20.1 Å². The van der Waals surface area contributed by atoms with Crippen molar-refractivity contribution in [2.75, 3.05) is 38.0 Å². The summed E-state index contributed by atoms with van der Waals surface area (Å²) in [6.45, 7) is 4.44. The molecule has 2 aromatic carbocycles. The Bertz CT molecular complexity index is 1120. The van der Waals surface area contributed by atoms with Crippen LogP contribution in [-0.2, 0) is 11.3 Å². The van der Waals surface area contributed by atoms with Crippen molar-refractivity contribution in [3.8, 4) is 11.3 Å². The number of aromatic nitrogens is 1. The highest BCUT2D eigenvalue weighted by atomic mass is 35.5. The summed E-state index contributed by atoms with van der Waals surface area (Å²) in [6.07, 6.45) is 0. The van der Waals surface area contributed by atoms with E-state index in [1.807, 2.05) is 23.6 Å². The number of amides is 1. The molecule has 0 radical (unpaired) electrons. The monoisotopic (exact) mass is 528 g/mol. The Labute approximate surface area is 210 Å². The van der Waals surface area contributed by atoms with Crippen molar-refractivity contribution in [2.45, 2.75) is 6.54 Å². The summed E-state index contributed by atoms with van der Waals surface area (Å²) in [5.41, 5.74) is 2.55. The summed E-state index contributed by atoms with van der Waals surface area (Å²) in [5, 5.41) is 7.72. The van der Waals surface area contributed by atoms with Crippen LogP contribution in [0, 0.1) is 0 Å². The molecule has 0 unspecified atom stereocenters. The van der Waals surface area contributed by atoms with Crippen LogP contribution in [-0.4, -0.2) is 53.4 Å². The fraction of sp³-hybridized carbons (Fsp3) is 0.273. The minimum atomic E-state index is -0.0812. The molecule has 3 aromatic rings. The molecule has 0 bridgehead atoms. The molecule has 0 spiro atoms. The molecule has 4 rings (SSSR count). The third kappa shape index (κ3) is 6.14. The van der Waals surface area contributed by atoms with Crippen LogP contribution in [0.25, 0.3) is 11.3 Å². The van der Waals surface area contributed by atoms with Gasteiger partial charge in [-0.2, -0.15) is 0 Å². The maximum atomic E-state index is 12.5. The molecule has 1 amide bonds. The first-order chi connectivity index (χ1) is 15.4. The first kappa shape index (κ1) is 23.8. The van der Waals surface area contributed by atoms with E-state index in [-0.39, 0.29) is 5.91 Å². The van der Waals surface area contributed by atoms with Gasteiger partial charge in [0.1, 0.15) is 0 Å². The number of nitrogens with one attached hydrogen (secondary N) is 1. The summed E-state index contributed by atoms with van der Waals surface area (Å²) in [4.78, 5) is 21.5. The third-order valence-electron chi connectivity index (χ3n) is 5.20. The SMILES string of the molecule is O=C(CN1CCN(Cc2ccc(Cl)cc2Cl)CC1)Nc1nc(-c2ccc(Cl)cc2Cl)cs1. The molecular weight excluding hydrogens is 510 g/mol. The van der Waals surface area contributed by atoms with E-state index in [0.717, 1.165) is 43.9 Å². The number of hydrogen-bond acceptors (Lipinski definition) is 5. The lowest BCUT2D eigenvalue weighted by Gasteiger charge is -2.34. The molecule has 10 heteroatoms. The zero-order valence-electron chi connectivity index (χ0n) is 17.0. The summed E-state index contributed by atoms with van der Waals surface area (Å²) in [5.74, 6) is -0.0812. The van der Waals surface area contributed by atoms with Gasteiger partial charge in [0.25, 0.3) is 0 Å². The molecule has 5 nitrogen and oxygen atoms in total. The van der Waals surface area contributed by atoms with Crippen LogP contribution in [0.1, 0.15) is 5.56 Å². The molecule has 168 valence electrons. The van der Waals surface area contributed by atoms with Gasteiger partial charge in [-0.3, -0.25) is 14.6 Å². The molecule has 1 fully saturated rings. The minimum Gasteiger partial charge on any atom is -0.301 e. The van der Waals surface area contributed by atoms with Gasteiger partial charge in [0.2, 0.25) is 5.91 Å². The fourth-order valence-electron chi connectivity index (χ4n) is 3.51. The van der Waals surface area contributed by atoms with Gasteiger partial charge in [0.15, 0.2) is 5.13 Å². The number of thiazole rings is 1. The molecule has 1 aliphatic heterocycles. The Morgan fingerprint density at radius 1 is 0.938 bits per heavy atom. The number of halogens is 4. The molecule has 0 aliphatic carbocycles. The molecule has 0 saturated carbocycles. The highest BCUT2D eigenvalue weighted by Crippen LogP contribution is 2.32. The van der Waals surface area contributed by atoms with E-state index in [2.05, 4.69) is 20.1 Å². The molecular formula is C22H20Cl4N4OS. The second-order valence-electron chi connectivity index (χ2n) is 7.50. The topological polar surface area (TPSA) is 48.5 Å². The minimum absolute atomic E-state index is 0.0812. The Hall–Kier alpha value is -1.38. The molecule has 0 atom stereocenters. The van der Waals surface area contributed by atoms with Gasteiger partial charge in [0, 0.05) is 58.7 Å². The molecule has 1 aromatic heterocycles. The zero-order valence-corrected chi connectivity index (χ0v) is 20.8. The lowest BCUT2D eigenvalue weighted by Crippen LogP contribution is -2.48. The van der Waals surface area contributed by atoms with Crippen LogP contribution in [0.4, 0.5) is 5.13 Å². The van der Waals surface area contributed by atoms with Gasteiger partial charge in [-0.15, -0.1) is 11.3 Å². The Morgan fingerprint density at radius 2 is 1.59 bits per heavy atom. The molecule has 1 N–H and O–H groups in total. The van der Waals surface area contributed by atoms with E-state index < -0.39 is 0 Å². The smallest absolute Gasteiger partial charge is 0.240 e. The van der Waals surface area contributed by atoms with Gasteiger partial charge in [-0.25, -0.2) is 4.98 Å². The van der Waals surface area contributed by atoms with Crippen molar-refractivity contribution in [1.82, 2.24) is 14.8 Å². The van der Waals surface area contributed by atoms with E-state index in [1.54, 1.807) is 18.2 Å². The van der Waals surface area contributed by atoms with Crippen molar-refractivity contribution >= 4 is 68.8 Å². The maximum Gasteiger partial charge on any atom is 0.240 e. The van der Waals surface area contributed by atoms with Gasteiger partial charge < -0.3 is 5.32 Å². The molecule has 32 heavy (non-hydrogen) atoms. The molecule has 1 aliphatic rings. The lowest BCUT2D eigenvalue weighted by atomic mass is 10.2. The highest BCUT2D eigenvalue weighted by molar-refractivity contribution is 7.14. The van der Waals surface area contributed by atoms with Gasteiger partial charge in [-0.1, -0.05) is 52.5 Å². The number of benzene rings is 2. The van der Waals surface area contributed by atoms with Crippen molar-refractivity contribution in [1.29, 1.82) is 0 Å². The van der Waals surface area contributed by atoms with Crippen molar-refractivity contribution < 1.29 is 4.79 Å². The predicted octanol–water partition coefficient (Wildman–Crippen LogP) is 6.18. The first-order valence-electron chi connectivity index (χ1n) is 9.97. The van der Waals surface area contributed by atoms with Crippen LogP contribution >= 0.6 is 57.7 Å². The van der Waals surface area contributed by atoms with E-state index in [4.69, 9.17) is 46.4 Å². The first-order valence-corrected chi connectivity index (χ1v) is 12.4. The molecule has 2 heterocycles. The number of anilines is 1. The summed E-state index contributed by atoms with van der Waals surface area (Å²) in [6, 6.07) is 10.8. The zero-order chi connectivity index (χ0) is 22.7. The maximum absolute atomic E-state index is 12.5. The number of hydrogen-bond donors (Lipinski definition) is 1. The largest absolute Gasteiger partial charge is 0.301 e. The van der Waals surface area contributed by atoms with Gasteiger partial charge >= 0.3 is 0 Å². The Morgan fingerprint density at radius 3 is 2.28 bits per heavy atom.